The molecule has 0 aromatic heterocycles. The van der Waals surface area contributed by atoms with Gasteiger partial charge in [0.15, 0.2) is 17.3 Å². The Morgan fingerprint density at radius 2 is 0.973 bits per heavy atom. The van der Waals surface area contributed by atoms with Gasteiger partial charge in [-0.3, -0.25) is 14.4 Å². The van der Waals surface area contributed by atoms with Crippen LogP contribution < -0.4 is 0 Å². The molecule has 37 heavy (non-hydrogen) atoms. The Bertz CT molecular complexity index is 811. The second kappa shape index (κ2) is 18.5. The van der Waals surface area contributed by atoms with E-state index in [-0.39, 0.29) is 0 Å². The number of rotatable bonds is 9. The Morgan fingerprint density at radius 3 is 1.35 bits per heavy atom. The minimum absolute atomic E-state index is 0.324. The van der Waals surface area contributed by atoms with E-state index in [1.807, 2.05) is 12.2 Å². The first-order chi connectivity index (χ1) is 17.5. The van der Waals surface area contributed by atoms with Crippen molar-refractivity contribution in [1.82, 2.24) is 0 Å². The molecule has 0 amide bonds. The van der Waals surface area contributed by atoms with Crippen LogP contribution in [0.2, 0.25) is 0 Å². The summed E-state index contributed by atoms with van der Waals surface area (Å²) in [5, 5.41) is 0. The van der Waals surface area contributed by atoms with Gasteiger partial charge < -0.3 is 0 Å². The fourth-order valence-corrected chi connectivity index (χ4v) is 6.03. The van der Waals surface area contributed by atoms with Gasteiger partial charge in [0.25, 0.3) is 0 Å². The molecular formula is C34H56O3. The minimum Gasteiger partial charge on any atom is -0.295 e. The summed E-state index contributed by atoms with van der Waals surface area (Å²) in [5.41, 5.74) is 3.81. The Morgan fingerprint density at radius 1 is 0.595 bits per heavy atom. The third kappa shape index (κ3) is 15.9. The van der Waals surface area contributed by atoms with Crippen LogP contribution in [0.25, 0.3) is 0 Å². The van der Waals surface area contributed by atoms with E-state index in [0.717, 1.165) is 38.5 Å². The van der Waals surface area contributed by atoms with Gasteiger partial charge in [0.1, 0.15) is 0 Å². The molecule has 0 aromatic rings. The molecule has 3 aliphatic rings. The van der Waals surface area contributed by atoms with Crippen molar-refractivity contribution in [2.75, 3.05) is 0 Å². The molecule has 0 aromatic carbocycles. The summed E-state index contributed by atoms with van der Waals surface area (Å²) in [5.74, 6) is 3.61. The second-order valence-electron chi connectivity index (χ2n) is 12.5. The van der Waals surface area contributed by atoms with E-state index in [1.165, 1.54) is 68.1 Å². The van der Waals surface area contributed by atoms with E-state index in [0.29, 0.717) is 41.0 Å². The van der Waals surface area contributed by atoms with Gasteiger partial charge in [0, 0.05) is 19.3 Å². The number of hydrogen-bond acceptors (Lipinski definition) is 3. The predicted molar refractivity (Wildman–Crippen MR) is 158 cm³/mol. The molecule has 0 bridgehead atoms. The normalized spacial score (nSPS) is 23.8. The molecule has 3 rings (SSSR count). The highest BCUT2D eigenvalue weighted by Crippen LogP contribution is 2.28. The number of allylic oxidation sites excluding steroid dienone is 6. The maximum atomic E-state index is 11.2. The highest BCUT2D eigenvalue weighted by atomic mass is 16.1. The van der Waals surface area contributed by atoms with Gasteiger partial charge in [-0.2, -0.15) is 0 Å². The smallest absolute Gasteiger partial charge is 0.155 e. The fraction of sp³-hybridized carbons (Fsp3) is 0.735. The first-order valence-corrected chi connectivity index (χ1v) is 15.1. The Hall–Kier alpha value is -1.77. The molecule has 0 N–H and O–H groups in total. The predicted octanol–water partition coefficient (Wildman–Crippen LogP) is 9.55. The van der Waals surface area contributed by atoms with Crippen LogP contribution in [0.3, 0.4) is 0 Å². The number of carbonyl (C=O) groups is 3. The average molecular weight is 513 g/mol. The lowest BCUT2D eigenvalue weighted by Crippen LogP contribution is -2.14. The van der Waals surface area contributed by atoms with Gasteiger partial charge in [-0.15, -0.1) is 0 Å². The van der Waals surface area contributed by atoms with Crippen molar-refractivity contribution < 1.29 is 14.4 Å². The highest BCUT2D eigenvalue weighted by molar-refractivity contribution is 5.92. The molecule has 0 heterocycles. The van der Waals surface area contributed by atoms with Crippen LogP contribution in [-0.4, -0.2) is 17.3 Å². The SMILES string of the molecule is CC1=CC(=O)CC(CC(C)C)C1.CCCCC1CC(=O)C=C(C)C1.CCCCCC1CC(=O)C=C(C)C1. The van der Waals surface area contributed by atoms with E-state index >= 15 is 0 Å². The van der Waals surface area contributed by atoms with Crippen molar-refractivity contribution in [3.63, 3.8) is 0 Å². The zero-order valence-corrected chi connectivity index (χ0v) is 25.2. The van der Waals surface area contributed by atoms with Crippen LogP contribution in [0.4, 0.5) is 0 Å². The van der Waals surface area contributed by atoms with Crippen molar-refractivity contribution in [1.29, 1.82) is 0 Å². The lowest BCUT2D eigenvalue weighted by atomic mass is 9.83. The summed E-state index contributed by atoms with van der Waals surface area (Å²) >= 11 is 0. The molecule has 0 fully saturated rings. The van der Waals surface area contributed by atoms with Gasteiger partial charge in [0.05, 0.1) is 0 Å². The number of unbranched alkanes of at least 4 members (excludes halogenated alkanes) is 3. The molecule has 3 nitrogen and oxygen atoms in total. The van der Waals surface area contributed by atoms with E-state index in [2.05, 4.69) is 48.5 Å². The van der Waals surface area contributed by atoms with E-state index in [1.54, 1.807) is 6.08 Å². The molecule has 3 aliphatic carbocycles. The zero-order valence-electron chi connectivity index (χ0n) is 25.2. The molecule has 3 atom stereocenters. The van der Waals surface area contributed by atoms with Crippen LogP contribution in [0.5, 0.6) is 0 Å². The third-order valence-electron chi connectivity index (χ3n) is 7.51. The summed E-state index contributed by atoms with van der Waals surface area (Å²) in [7, 11) is 0. The minimum atomic E-state index is 0.324. The molecule has 3 heteroatoms. The summed E-state index contributed by atoms with van der Waals surface area (Å²) < 4.78 is 0. The van der Waals surface area contributed by atoms with E-state index in [9.17, 15) is 14.4 Å². The monoisotopic (exact) mass is 512 g/mol. The van der Waals surface area contributed by atoms with Gasteiger partial charge in [-0.1, -0.05) is 76.5 Å². The molecule has 0 aliphatic heterocycles. The average Bonchev–Trinajstić information content (AvgIpc) is 2.76. The number of ketones is 3. The van der Waals surface area contributed by atoms with Crippen molar-refractivity contribution in [2.45, 2.75) is 138 Å². The quantitative estimate of drug-likeness (QED) is 0.289. The first-order valence-electron chi connectivity index (χ1n) is 15.1. The molecular weight excluding hydrogens is 456 g/mol. The maximum Gasteiger partial charge on any atom is 0.155 e. The zero-order chi connectivity index (χ0) is 27.8. The Labute approximate surface area is 228 Å². The molecule has 0 saturated heterocycles. The number of hydrogen-bond donors (Lipinski definition) is 0. The lowest BCUT2D eigenvalue weighted by molar-refractivity contribution is -0.116. The topological polar surface area (TPSA) is 51.2 Å². The maximum absolute atomic E-state index is 11.2. The van der Waals surface area contributed by atoms with Gasteiger partial charge in [0.2, 0.25) is 0 Å². The summed E-state index contributed by atoms with van der Waals surface area (Å²) in [6.07, 6.45) is 21.3. The summed E-state index contributed by atoms with van der Waals surface area (Å²) in [6.45, 7) is 15.1. The largest absolute Gasteiger partial charge is 0.295 e. The van der Waals surface area contributed by atoms with Gasteiger partial charge in [-0.05, 0) is 101 Å². The molecule has 210 valence electrons. The van der Waals surface area contributed by atoms with Crippen LogP contribution in [-0.2, 0) is 14.4 Å². The van der Waals surface area contributed by atoms with Crippen molar-refractivity contribution in [2.24, 2.45) is 23.7 Å². The fourth-order valence-electron chi connectivity index (χ4n) is 6.03. The summed E-state index contributed by atoms with van der Waals surface area (Å²) in [4.78, 5) is 33.6. The molecule has 0 radical (unpaired) electrons. The van der Waals surface area contributed by atoms with Gasteiger partial charge >= 0.3 is 0 Å². The van der Waals surface area contributed by atoms with E-state index in [4.69, 9.17) is 0 Å². The van der Waals surface area contributed by atoms with Crippen LogP contribution in [0, 0.1) is 23.7 Å². The van der Waals surface area contributed by atoms with Crippen LogP contribution in [0.1, 0.15) is 138 Å². The number of carbonyl (C=O) groups excluding carboxylic acids is 3. The first kappa shape index (κ1) is 33.3. The third-order valence-corrected chi connectivity index (χ3v) is 7.51. The molecule has 0 saturated carbocycles. The highest BCUT2D eigenvalue weighted by Gasteiger charge is 2.20. The van der Waals surface area contributed by atoms with Crippen molar-refractivity contribution >= 4 is 17.3 Å². The lowest BCUT2D eigenvalue weighted by Gasteiger charge is -2.21. The van der Waals surface area contributed by atoms with E-state index < -0.39 is 0 Å². The van der Waals surface area contributed by atoms with Crippen molar-refractivity contribution in [3.8, 4) is 0 Å². The molecule has 3 unspecified atom stereocenters. The van der Waals surface area contributed by atoms with Crippen LogP contribution in [0.15, 0.2) is 34.9 Å². The Kier molecular flexibility index (Phi) is 16.6. The summed E-state index contributed by atoms with van der Waals surface area (Å²) in [6, 6.07) is 0. The van der Waals surface area contributed by atoms with Crippen molar-refractivity contribution in [3.05, 3.63) is 34.9 Å². The van der Waals surface area contributed by atoms with Gasteiger partial charge in [-0.25, -0.2) is 0 Å². The Balaban J connectivity index is 0.000000278. The second-order valence-corrected chi connectivity index (χ2v) is 12.5. The molecule has 0 spiro atoms. The standard InChI is InChI=1S/C12H20O.2C11H18O/c1-3-4-5-6-11-7-10(2)8-12(13)9-11;1-8(2)4-10-5-9(3)6-11(12)7-10;1-3-4-5-10-6-9(2)7-11(12)8-10/h8,11H,3-7,9H2,1-2H3;6,8,10H,4-5,7H2,1-3H3;7,10H,3-6,8H2,1-2H3. The van der Waals surface area contributed by atoms with Crippen LogP contribution >= 0.6 is 0 Å².